The molecule has 0 aromatic heterocycles. The van der Waals surface area contributed by atoms with Gasteiger partial charge in [0.25, 0.3) is 0 Å². The van der Waals surface area contributed by atoms with Crippen LogP contribution in [-0.2, 0) is 14.3 Å². The molecule has 3 rings (SSSR count). The summed E-state index contributed by atoms with van der Waals surface area (Å²) in [7, 11) is 0. The largest absolute Gasteiger partial charge is 0.490 e. The lowest BCUT2D eigenvalue weighted by Crippen LogP contribution is -2.49. The van der Waals surface area contributed by atoms with Gasteiger partial charge in [-0.25, -0.2) is 0 Å². The van der Waals surface area contributed by atoms with Crippen molar-refractivity contribution >= 4 is 5.78 Å². The normalized spacial score (nSPS) is 34.4. The van der Waals surface area contributed by atoms with Gasteiger partial charge in [-0.05, 0) is 25.5 Å². The third kappa shape index (κ3) is 1.76. The summed E-state index contributed by atoms with van der Waals surface area (Å²) in [4.78, 5) is 14.4. The SMILES string of the molecule is O=C(C1=CCCO1)C1CN2CCCC2CO1. The van der Waals surface area contributed by atoms with Gasteiger partial charge < -0.3 is 9.47 Å². The maximum Gasteiger partial charge on any atom is 0.226 e. The fourth-order valence-electron chi connectivity index (χ4n) is 2.72. The number of hydrogen-bond donors (Lipinski definition) is 0. The Hall–Kier alpha value is -0.870. The number of ether oxygens (including phenoxy) is 2. The van der Waals surface area contributed by atoms with Crippen molar-refractivity contribution in [3.8, 4) is 0 Å². The predicted octanol–water partition coefficient (Wildman–Crippen LogP) is 0.723. The molecule has 0 radical (unpaired) electrons. The van der Waals surface area contributed by atoms with Crippen LogP contribution in [0.2, 0.25) is 0 Å². The van der Waals surface area contributed by atoms with E-state index in [0.29, 0.717) is 25.0 Å². The van der Waals surface area contributed by atoms with Gasteiger partial charge in [0.05, 0.1) is 13.2 Å². The second kappa shape index (κ2) is 4.18. The third-order valence-corrected chi connectivity index (χ3v) is 3.63. The summed E-state index contributed by atoms with van der Waals surface area (Å²) in [6, 6.07) is 0.544. The second-order valence-corrected chi connectivity index (χ2v) is 4.68. The lowest BCUT2D eigenvalue weighted by Gasteiger charge is -2.34. The van der Waals surface area contributed by atoms with Crippen molar-refractivity contribution in [1.82, 2.24) is 4.90 Å². The van der Waals surface area contributed by atoms with E-state index < -0.39 is 0 Å². The molecule has 16 heavy (non-hydrogen) atoms. The summed E-state index contributed by atoms with van der Waals surface area (Å²) in [5.74, 6) is 0.547. The van der Waals surface area contributed by atoms with E-state index in [1.807, 2.05) is 6.08 Å². The van der Waals surface area contributed by atoms with E-state index in [-0.39, 0.29) is 11.9 Å². The summed E-state index contributed by atoms with van der Waals surface area (Å²) < 4.78 is 10.9. The van der Waals surface area contributed by atoms with E-state index in [1.54, 1.807) is 0 Å². The maximum atomic E-state index is 12.0. The van der Waals surface area contributed by atoms with Gasteiger partial charge in [0.15, 0.2) is 5.76 Å². The first kappa shape index (κ1) is 10.3. The van der Waals surface area contributed by atoms with Crippen molar-refractivity contribution in [2.24, 2.45) is 0 Å². The van der Waals surface area contributed by atoms with E-state index in [0.717, 1.165) is 19.5 Å². The fourth-order valence-corrected chi connectivity index (χ4v) is 2.72. The molecule has 0 bridgehead atoms. The van der Waals surface area contributed by atoms with Gasteiger partial charge >= 0.3 is 0 Å². The molecule has 3 aliphatic rings. The van der Waals surface area contributed by atoms with E-state index >= 15 is 0 Å². The lowest BCUT2D eigenvalue weighted by molar-refractivity contribution is -0.137. The predicted molar refractivity (Wildman–Crippen MR) is 58.0 cm³/mol. The summed E-state index contributed by atoms with van der Waals surface area (Å²) in [6.07, 6.45) is 4.86. The van der Waals surface area contributed by atoms with Gasteiger partial charge in [0.2, 0.25) is 5.78 Å². The van der Waals surface area contributed by atoms with Gasteiger partial charge in [0.1, 0.15) is 6.10 Å². The van der Waals surface area contributed by atoms with Crippen LogP contribution in [0.5, 0.6) is 0 Å². The molecule has 0 saturated carbocycles. The van der Waals surface area contributed by atoms with Crippen molar-refractivity contribution < 1.29 is 14.3 Å². The molecule has 0 N–H and O–H groups in total. The lowest BCUT2D eigenvalue weighted by atomic mass is 10.1. The Balaban J connectivity index is 1.65. The zero-order valence-corrected chi connectivity index (χ0v) is 9.35. The van der Waals surface area contributed by atoms with Crippen LogP contribution < -0.4 is 0 Å². The van der Waals surface area contributed by atoms with Crippen molar-refractivity contribution in [1.29, 1.82) is 0 Å². The third-order valence-electron chi connectivity index (χ3n) is 3.63. The molecular formula is C12H17NO3. The first-order valence-electron chi connectivity index (χ1n) is 6.07. The Morgan fingerprint density at radius 1 is 1.50 bits per heavy atom. The van der Waals surface area contributed by atoms with E-state index in [4.69, 9.17) is 9.47 Å². The maximum absolute atomic E-state index is 12.0. The Morgan fingerprint density at radius 3 is 3.25 bits per heavy atom. The molecule has 2 atom stereocenters. The summed E-state index contributed by atoms with van der Waals surface area (Å²) >= 11 is 0. The number of carbonyl (C=O) groups excluding carboxylic acids is 1. The molecule has 0 spiro atoms. The minimum atomic E-state index is -0.307. The average molecular weight is 223 g/mol. The Morgan fingerprint density at radius 2 is 2.44 bits per heavy atom. The van der Waals surface area contributed by atoms with Gasteiger partial charge in [-0.3, -0.25) is 9.69 Å². The number of morpholine rings is 1. The highest BCUT2D eigenvalue weighted by molar-refractivity contribution is 5.97. The molecule has 0 aromatic rings. The minimum absolute atomic E-state index is 0.0304. The zero-order chi connectivity index (χ0) is 11.0. The molecule has 3 heterocycles. The Labute approximate surface area is 95.2 Å². The number of hydrogen-bond acceptors (Lipinski definition) is 4. The summed E-state index contributed by atoms with van der Waals surface area (Å²) in [5, 5.41) is 0. The molecule has 2 unspecified atom stereocenters. The molecule has 0 aromatic carbocycles. The van der Waals surface area contributed by atoms with Crippen LogP contribution in [0, 0.1) is 0 Å². The molecule has 0 aliphatic carbocycles. The van der Waals surface area contributed by atoms with Gasteiger partial charge in [-0.15, -0.1) is 0 Å². The topological polar surface area (TPSA) is 38.8 Å². The van der Waals surface area contributed by atoms with E-state index in [1.165, 1.54) is 12.8 Å². The van der Waals surface area contributed by atoms with Crippen LogP contribution in [0.15, 0.2) is 11.8 Å². The summed E-state index contributed by atoms with van der Waals surface area (Å²) in [5.41, 5.74) is 0. The quantitative estimate of drug-likeness (QED) is 0.691. The first-order valence-corrected chi connectivity index (χ1v) is 6.07. The molecular weight excluding hydrogens is 206 g/mol. The molecule has 2 fully saturated rings. The Kier molecular flexibility index (Phi) is 2.69. The molecule has 4 heteroatoms. The highest BCUT2D eigenvalue weighted by Gasteiger charge is 2.37. The highest BCUT2D eigenvalue weighted by Crippen LogP contribution is 2.24. The monoisotopic (exact) mass is 223 g/mol. The van der Waals surface area contributed by atoms with Gasteiger partial charge in [0, 0.05) is 19.0 Å². The zero-order valence-electron chi connectivity index (χ0n) is 9.35. The number of Topliss-reactive ketones (excluding diaryl/α,β-unsaturated/α-hetero) is 1. The van der Waals surface area contributed by atoms with E-state index in [9.17, 15) is 4.79 Å². The molecule has 2 saturated heterocycles. The molecule has 4 nitrogen and oxygen atoms in total. The van der Waals surface area contributed by atoms with Crippen LogP contribution in [0.3, 0.4) is 0 Å². The highest BCUT2D eigenvalue weighted by atomic mass is 16.5. The first-order chi connectivity index (χ1) is 7.84. The van der Waals surface area contributed by atoms with Crippen molar-refractivity contribution in [2.75, 3.05) is 26.3 Å². The smallest absolute Gasteiger partial charge is 0.226 e. The molecule has 88 valence electrons. The van der Waals surface area contributed by atoms with Crippen LogP contribution in [0.25, 0.3) is 0 Å². The Bertz CT molecular complexity index is 326. The number of fused-ring (bicyclic) bond motifs is 1. The van der Waals surface area contributed by atoms with Crippen LogP contribution >= 0.6 is 0 Å². The fraction of sp³-hybridized carbons (Fsp3) is 0.750. The number of nitrogens with zero attached hydrogens (tertiary/aromatic N) is 1. The number of ketones is 1. The number of rotatable bonds is 2. The molecule has 0 amide bonds. The van der Waals surface area contributed by atoms with Gasteiger partial charge in [-0.2, -0.15) is 0 Å². The minimum Gasteiger partial charge on any atom is -0.490 e. The summed E-state index contributed by atoms with van der Waals surface area (Å²) in [6.45, 7) is 3.19. The van der Waals surface area contributed by atoms with Crippen molar-refractivity contribution in [3.63, 3.8) is 0 Å². The van der Waals surface area contributed by atoms with E-state index in [2.05, 4.69) is 4.90 Å². The van der Waals surface area contributed by atoms with Crippen LogP contribution in [-0.4, -0.2) is 49.1 Å². The van der Waals surface area contributed by atoms with Crippen molar-refractivity contribution in [3.05, 3.63) is 11.8 Å². The average Bonchev–Trinajstić information content (AvgIpc) is 2.98. The molecule has 3 aliphatic heterocycles. The van der Waals surface area contributed by atoms with Crippen LogP contribution in [0.1, 0.15) is 19.3 Å². The van der Waals surface area contributed by atoms with Gasteiger partial charge in [-0.1, -0.05) is 0 Å². The standard InChI is InChI=1S/C12H17NO3/c14-12(10-4-2-6-15-10)11-7-13-5-1-3-9(13)8-16-11/h4,9,11H,1-3,5-8H2. The number of carbonyl (C=O) groups is 1. The van der Waals surface area contributed by atoms with Crippen molar-refractivity contribution in [2.45, 2.75) is 31.4 Å². The van der Waals surface area contributed by atoms with Crippen LogP contribution in [0.4, 0.5) is 0 Å². The second-order valence-electron chi connectivity index (χ2n) is 4.68.